The van der Waals surface area contributed by atoms with Gasteiger partial charge < -0.3 is 4.74 Å². The predicted molar refractivity (Wildman–Crippen MR) is 98.3 cm³/mol. The summed E-state index contributed by atoms with van der Waals surface area (Å²) in [6.07, 6.45) is -0.0115. The summed E-state index contributed by atoms with van der Waals surface area (Å²) < 4.78 is 32.7. The van der Waals surface area contributed by atoms with Crippen molar-refractivity contribution in [1.29, 1.82) is 0 Å². The van der Waals surface area contributed by atoms with Crippen LogP contribution in [0.15, 0.2) is 29.2 Å². The summed E-state index contributed by atoms with van der Waals surface area (Å²) in [7, 11) is -2.35. The minimum atomic E-state index is -3.66. The van der Waals surface area contributed by atoms with Gasteiger partial charge in [0.05, 0.1) is 12.0 Å². The first kappa shape index (κ1) is 21.2. The lowest BCUT2D eigenvalue weighted by molar-refractivity contribution is -0.139. The van der Waals surface area contributed by atoms with Gasteiger partial charge >= 0.3 is 5.97 Å². The number of benzene rings is 1. The highest BCUT2D eigenvalue weighted by atomic mass is 32.2. The number of rotatable bonds is 5. The van der Waals surface area contributed by atoms with Gasteiger partial charge in [-0.15, -0.1) is 0 Å². The molecule has 138 valence electrons. The van der Waals surface area contributed by atoms with Gasteiger partial charge in [0.1, 0.15) is 6.42 Å². The van der Waals surface area contributed by atoms with Crippen molar-refractivity contribution in [2.24, 2.45) is 11.3 Å². The van der Waals surface area contributed by atoms with Crippen molar-refractivity contribution in [2.75, 3.05) is 7.11 Å². The van der Waals surface area contributed by atoms with Crippen LogP contribution < -0.4 is 4.72 Å². The number of hydrogen-bond acceptors (Lipinski definition) is 4. The van der Waals surface area contributed by atoms with E-state index in [2.05, 4.69) is 21.3 Å². The Morgan fingerprint density at radius 2 is 1.80 bits per heavy atom. The first-order valence-electron chi connectivity index (χ1n) is 8.11. The summed E-state index contributed by atoms with van der Waals surface area (Å²) in [5.74, 6) is 5.04. The Balaban J connectivity index is 3.03. The molecule has 5 nitrogen and oxygen atoms in total. The average molecular weight is 365 g/mol. The number of aryl methyl sites for hydroxylation is 1. The van der Waals surface area contributed by atoms with Gasteiger partial charge in [0.15, 0.2) is 0 Å². The Labute approximate surface area is 151 Å². The van der Waals surface area contributed by atoms with Gasteiger partial charge in [-0.05, 0) is 31.4 Å². The molecule has 0 amide bonds. The Bertz CT molecular complexity index is 749. The molecule has 1 N–H and O–H groups in total. The quantitative estimate of drug-likeness (QED) is 0.643. The third-order valence-electron chi connectivity index (χ3n) is 3.84. The van der Waals surface area contributed by atoms with Gasteiger partial charge in [-0.2, -0.15) is 0 Å². The second-order valence-corrected chi connectivity index (χ2v) is 8.85. The Kier molecular flexibility index (Phi) is 7.21. The van der Waals surface area contributed by atoms with E-state index in [4.69, 9.17) is 0 Å². The van der Waals surface area contributed by atoms with Crippen molar-refractivity contribution in [2.45, 2.75) is 52.0 Å². The van der Waals surface area contributed by atoms with E-state index in [1.807, 2.05) is 34.6 Å². The molecule has 1 rings (SSSR count). The standard InChI is InChI=1S/C19H27NO4S/c1-14-10-12-16(13-11-14)25(22,23)20-18(19(3,4)5)15(2)8-7-9-17(21)24-6/h10-13,15,18,20H,9H2,1-6H3/t15-,18+/m1/s1. The minimum Gasteiger partial charge on any atom is -0.468 e. The summed E-state index contributed by atoms with van der Waals surface area (Å²) >= 11 is 0. The Hall–Kier alpha value is -1.84. The van der Waals surface area contributed by atoms with Crippen LogP contribution in [0.5, 0.6) is 0 Å². The zero-order valence-electron chi connectivity index (χ0n) is 15.7. The van der Waals surface area contributed by atoms with Crippen LogP contribution in [0.25, 0.3) is 0 Å². The van der Waals surface area contributed by atoms with E-state index in [1.165, 1.54) is 7.11 Å². The van der Waals surface area contributed by atoms with Gasteiger partial charge in [-0.1, -0.05) is 50.3 Å². The predicted octanol–water partition coefficient (Wildman–Crippen LogP) is 2.89. The second-order valence-electron chi connectivity index (χ2n) is 7.14. The molecule has 1 aromatic carbocycles. The second kappa shape index (κ2) is 8.50. The number of nitrogens with one attached hydrogen (secondary N) is 1. The fraction of sp³-hybridized carbons (Fsp3) is 0.526. The fourth-order valence-corrected chi connectivity index (χ4v) is 3.94. The molecule has 0 aromatic heterocycles. The molecule has 0 bridgehead atoms. The van der Waals surface area contributed by atoms with E-state index >= 15 is 0 Å². The molecule has 1 aromatic rings. The lowest BCUT2D eigenvalue weighted by Gasteiger charge is -2.33. The summed E-state index contributed by atoms with van der Waals surface area (Å²) in [6, 6.07) is 6.29. The summed E-state index contributed by atoms with van der Waals surface area (Å²) in [4.78, 5) is 11.4. The molecule has 0 saturated carbocycles. The summed E-state index contributed by atoms with van der Waals surface area (Å²) in [5, 5.41) is 0. The molecule has 2 atom stereocenters. The molecular formula is C19H27NO4S. The van der Waals surface area contributed by atoms with Gasteiger partial charge in [-0.25, -0.2) is 13.1 Å². The van der Waals surface area contributed by atoms with Crippen molar-refractivity contribution in [3.05, 3.63) is 29.8 Å². The zero-order chi connectivity index (χ0) is 19.3. The van der Waals surface area contributed by atoms with Gasteiger partial charge in [0, 0.05) is 12.0 Å². The van der Waals surface area contributed by atoms with E-state index in [-0.39, 0.29) is 22.6 Å². The van der Waals surface area contributed by atoms with E-state index in [0.717, 1.165) is 5.56 Å². The lowest BCUT2D eigenvalue weighted by atomic mass is 9.80. The number of ether oxygens (including phenoxy) is 1. The van der Waals surface area contributed by atoms with Crippen LogP contribution in [0.3, 0.4) is 0 Å². The molecule has 0 radical (unpaired) electrons. The van der Waals surface area contributed by atoms with Crippen molar-refractivity contribution in [3.63, 3.8) is 0 Å². The molecule has 0 aliphatic carbocycles. The maximum absolute atomic E-state index is 12.7. The van der Waals surface area contributed by atoms with Crippen molar-refractivity contribution < 1.29 is 17.9 Å². The molecule has 0 aliphatic heterocycles. The number of methoxy groups -OCH3 is 1. The highest BCUT2D eigenvalue weighted by molar-refractivity contribution is 7.89. The van der Waals surface area contributed by atoms with E-state index < -0.39 is 22.0 Å². The molecule has 0 saturated heterocycles. The third-order valence-corrected chi connectivity index (χ3v) is 5.29. The van der Waals surface area contributed by atoms with E-state index in [0.29, 0.717) is 0 Å². The fourth-order valence-electron chi connectivity index (χ4n) is 2.42. The maximum Gasteiger partial charge on any atom is 0.317 e. The molecule has 6 heteroatoms. The monoisotopic (exact) mass is 365 g/mol. The zero-order valence-corrected chi connectivity index (χ0v) is 16.5. The highest BCUT2D eigenvalue weighted by Gasteiger charge is 2.33. The number of sulfonamides is 1. The van der Waals surface area contributed by atoms with Crippen molar-refractivity contribution in [3.8, 4) is 11.8 Å². The van der Waals surface area contributed by atoms with Crippen LogP contribution in [-0.2, 0) is 19.6 Å². The lowest BCUT2D eigenvalue weighted by Crippen LogP contribution is -2.47. The topological polar surface area (TPSA) is 72.5 Å². The molecule has 0 fully saturated rings. The number of carbonyl (C=O) groups excluding carboxylic acids is 1. The first-order valence-corrected chi connectivity index (χ1v) is 9.60. The van der Waals surface area contributed by atoms with Crippen LogP contribution in [0.2, 0.25) is 0 Å². The van der Waals surface area contributed by atoms with Crippen molar-refractivity contribution >= 4 is 16.0 Å². The SMILES string of the molecule is COC(=O)CC#C[C@@H](C)[C@H](NS(=O)(=O)c1ccc(C)cc1)C(C)(C)C. The molecule has 0 unspecified atom stereocenters. The molecule has 0 spiro atoms. The largest absolute Gasteiger partial charge is 0.468 e. The summed E-state index contributed by atoms with van der Waals surface area (Å²) in [5.41, 5.74) is 0.644. The molecule has 0 aliphatic rings. The highest BCUT2D eigenvalue weighted by Crippen LogP contribution is 2.27. The van der Waals surface area contributed by atoms with Crippen molar-refractivity contribution in [1.82, 2.24) is 4.72 Å². The third kappa shape index (κ3) is 6.52. The molecular weight excluding hydrogens is 338 g/mol. The molecule has 0 heterocycles. The van der Waals surface area contributed by atoms with Gasteiger partial charge in [-0.3, -0.25) is 4.79 Å². The van der Waals surface area contributed by atoms with Gasteiger partial charge in [0.25, 0.3) is 0 Å². The average Bonchev–Trinajstić information content (AvgIpc) is 2.51. The van der Waals surface area contributed by atoms with Crippen LogP contribution in [0, 0.1) is 30.1 Å². The Morgan fingerprint density at radius 3 is 2.28 bits per heavy atom. The van der Waals surface area contributed by atoms with Crippen LogP contribution in [0.1, 0.15) is 39.7 Å². The van der Waals surface area contributed by atoms with Crippen LogP contribution in [0.4, 0.5) is 0 Å². The smallest absolute Gasteiger partial charge is 0.317 e. The molecule has 25 heavy (non-hydrogen) atoms. The number of esters is 1. The van der Waals surface area contributed by atoms with Crippen LogP contribution in [-0.4, -0.2) is 27.5 Å². The summed E-state index contributed by atoms with van der Waals surface area (Å²) in [6.45, 7) is 9.61. The maximum atomic E-state index is 12.7. The van der Waals surface area contributed by atoms with E-state index in [9.17, 15) is 13.2 Å². The first-order chi connectivity index (χ1) is 11.5. The van der Waals surface area contributed by atoms with Crippen LogP contribution >= 0.6 is 0 Å². The number of carbonyl (C=O) groups is 1. The normalized spacial score (nSPS) is 14.2. The minimum absolute atomic E-state index is 0.0115. The van der Waals surface area contributed by atoms with E-state index in [1.54, 1.807) is 24.3 Å². The number of hydrogen-bond donors (Lipinski definition) is 1. The Morgan fingerprint density at radius 1 is 1.24 bits per heavy atom. The van der Waals surface area contributed by atoms with Gasteiger partial charge in [0.2, 0.25) is 10.0 Å².